The quantitative estimate of drug-likeness (QED) is 0.519. The highest BCUT2D eigenvalue weighted by Gasteiger charge is 2.10. The van der Waals surface area contributed by atoms with E-state index in [2.05, 4.69) is 26.0 Å². The molecule has 0 aliphatic heterocycles. The van der Waals surface area contributed by atoms with E-state index in [0.717, 1.165) is 11.8 Å². The number of hydrogen-bond acceptors (Lipinski definition) is 0. The lowest BCUT2D eigenvalue weighted by Gasteiger charge is -2.18. The van der Waals surface area contributed by atoms with E-state index in [9.17, 15) is 0 Å². The fourth-order valence-electron chi connectivity index (χ4n) is 2.29. The molecule has 0 fully saturated rings. The first-order valence-corrected chi connectivity index (χ1v) is 5.99. The van der Waals surface area contributed by atoms with Gasteiger partial charge in [0.25, 0.3) is 0 Å². The molecule has 0 saturated heterocycles. The monoisotopic (exact) mass is 180 g/mol. The minimum Gasteiger partial charge on any atom is -0.0883 e. The lowest BCUT2D eigenvalue weighted by molar-refractivity contribution is 0.375. The van der Waals surface area contributed by atoms with Crippen molar-refractivity contribution in [2.24, 2.45) is 11.8 Å². The van der Waals surface area contributed by atoms with Gasteiger partial charge in [0, 0.05) is 0 Å². The van der Waals surface area contributed by atoms with Crippen LogP contribution in [0.25, 0.3) is 0 Å². The van der Waals surface area contributed by atoms with Crippen LogP contribution in [0.3, 0.4) is 0 Å². The molecule has 0 N–H and O–H groups in total. The second-order valence-corrected chi connectivity index (χ2v) is 4.55. The van der Waals surface area contributed by atoms with Crippen molar-refractivity contribution in [2.45, 2.75) is 58.8 Å². The highest BCUT2D eigenvalue weighted by molar-refractivity contribution is 4.87. The topological polar surface area (TPSA) is 0 Å². The standard InChI is InChI=1S/C13H24/c1-3-13-10-8-6-4-5-7-9-12(2)11-13/h7,9,12-13H,3-6,8,10-11H2,1-2H3. The molecule has 0 nitrogen and oxygen atoms in total. The zero-order valence-electron chi connectivity index (χ0n) is 9.26. The van der Waals surface area contributed by atoms with Crippen LogP contribution >= 0.6 is 0 Å². The number of allylic oxidation sites excluding steroid dienone is 2. The maximum absolute atomic E-state index is 2.42. The molecule has 0 heteroatoms. The van der Waals surface area contributed by atoms with E-state index in [4.69, 9.17) is 0 Å². The first kappa shape index (κ1) is 10.8. The van der Waals surface area contributed by atoms with Gasteiger partial charge < -0.3 is 0 Å². The van der Waals surface area contributed by atoms with Crippen LogP contribution in [0.15, 0.2) is 12.2 Å². The second kappa shape index (κ2) is 6.23. The van der Waals surface area contributed by atoms with Crippen molar-refractivity contribution >= 4 is 0 Å². The summed E-state index contributed by atoms with van der Waals surface area (Å²) < 4.78 is 0. The van der Waals surface area contributed by atoms with Crippen LogP contribution in [0.5, 0.6) is 0 Å². The third kappa shape index (κ3) is 4.50. The van der Waals surface area contributed by atoms with Gasteiger partial charge in [-0.1, -0.05) is 51.7 Å². The van der Waals surface area contributed by atoms with Gasteiger partial charge in [-0.25, -0.2) is 0 Å². The Bertz CT molecular complexity index is 146. The zero-order valence-corrected chi connectivity index (χ0v) is 9.26. The summed E-state index contributed by atoms with van der Waals surface area (Å²) in [6.45, 7) is 4.70. The van der Waals surface area contributed by atoms with Gasteiger partial charge in [-0.3, -0.25) is 0 Å². The molecular weight excluding hydrogens is 156 g/mol. The van der Waals surface area contributed by atoms with Crippen molar-refractivity contribution < 1.29 is 0 Å². The maximum atomic E-state index is 2.42. The van der Waals surface area contributed by atoms with Gasteiger partial charge in [0.2, 0.25) is 0 Å². The molecule has 1 rings (SSSR count). The molecule has 0 spiro atoms. The van der Waals surface area contributed by atoms with E-state index in [1.807, 2.05) is 0 Å². The predicted molar refractivity (Wildman–Crippen MR) is 59.8 cm³/mol. The second-order valence-electron chi connectivity index (χ2n) is 4.55. The molecule has 0 radical (unpaired) electrons. The average molecular weight is 180 g/mol. The van der Waals surface area contributed by atoms with E-state index in [1.165, 1.54) is 44.9 Å². The molecule has 0 aromatic rings. The number of hydrogen-bond donors (Lipinski definition) is 0. The van der Waals surface area contributed by atoms with Crippen molar-refractivity contribution in [1.29, 1.82) is 0 Å². The molecule has 13 heavy (non-hydrogen) atoms. The van der Waals surface area contributed by atoms with Gasteiger partial charge in [0.1, 0.15) is 0 Å². The molecule has 2 atom stereocenters. The summed E-state index contributed by atoms with van der Waals surface area (Å²) >= 11 is 0. The zero-order chi connectivity index (χ0) is 9.52. The van der Waals surface area contributed by atoms with Gasteiger partial charge >= 0.3 is 0 Å². The van der Waals surface area contributed by atoms with Gasteiger partial charge in [-0.2, -0.15) is 0 Å². The molecule has 0 bridgehead atoms. The molecule has 0 aromatic heterocycles. The van der Waals surface area contributed by atoms with Gasteiger partial charge in [-0.05, 0) is 31.1 Å². The number of rotatable bonds is 1. The minimum atomic E-state index is 0.808. The Morgan fingerprint density at radius 3 is 2.85 bits per heavy atom. The van der Waals surface area contributed by atoms with E-state index < -0.39 is 0 Å². The summed E-state index contributed by atoms with van der Waals surface area (Å²) in [6.07, 6.45) is 14.7. The lowest BCUT2D eigenvalue weighted by Crippen LogP contribution is -2.05. The first-order valence-electron chi connectivity index (χ1n) is 5.99. The van der Waals surface area contributed by atoms with E-state index in [-0.39, 0.29) is 0 Å². The van der Waals surface area contributed by atoms with Gasteiger partial charge in [0.05, 0.1) is 0 Å². The Kier molecular flexibility index (Phi) is 5.19. The van der Waals surface area contributed by atoms with Crippen LogP contribution in [-0.4, -0.2) is 0 Å². The van der Waals surface area contributed by atoms with Crippen LogP contribution < -0.4 is 0 Å². The Morgan fingerprint density at radius 1 is 1.23 bits per heavy atom. The molecule has 76 valence electrons. The van der Waals surface area contributed by atoms with E-state index >= 15 is 0 Å². The van der Waals surface area contributed by atoms with Crippen molar-refractivity contribution in [2.75, 3.05) is 0 Å². The largest absolute Gasteiger partial charge is 0.0883 e. The van der Waals surface area contributed by atoms with E-state index in [0.29, 0.717) is 0 Å². The third-order valence-electron chi connectivity index (χ3n) is 3.23. The van der Waals surface area contributed by atoms with Crippen LogP contribution in [0.1, 0.15) is 58.8 Å². The Morgan fingerprint density at radius 2 is 2.08 bits per heavy atom. The van der Waals surface area contributed by atoms with Crippen LogP contribution in [0, 0.1) is 11.8 Å². The molecule has 0 heterocycles. The van der Waals surface area contributed by atoms with Gasteiger partial charge in [0.15, 0.2) is 0 Å². The Balaban J connectivity index is 2.41. The van der Waals surface area contributed by atoms with Crippen molar-refractivity contribution in [3.05, 3.63) is 12.2 Å². The summed E-state index contributed by atoms with van der Waals surface area (Å²) in [5, 5.41) is 0. The molecule has 2 unspecified atom stereocenters. The van der Waals surface area contributed by atoms with Crippen molar-refractivity contribution in [1.82, 2.24) is 0 Å². The van der Waals surface area contributed by atoms with Crippen molar-refractivity contribution in [3.8, 4) is 0 Å². The Labute approximate surface area is 83.4 Å². The maximum Gasteiger partial charge on any atom is -0.0259 e. The third-order valence-corrected chi connectivity index (χ3v) is 3.23. The highest BCUT2D eigenvalue weighted by atomic mass is 14.2. The fourth-order valence-corrected chi connectivity index (χ4v) is 2.29. The molecular formula is C13H24. The summed E-state index contributed by atoms with van der Waals surface area (Å²) in [5.74, 6) is 1.79. The molecule has 0 amide bonds. The summed E-state index contributed by atoms with van der Waals surface area (Å²) in [6, 6.07) is 0. The minimum absolute atomic E-state index is 0.808. The molecule has 1 aliphatic rings. The first-order chi connectivity index (χ1) is 6.33. The predicted octanol–water partition coefficient (Wildman–Crippen LogP) is 4.56. The van der Waals surface area contributed by atoms with Crippen molar-refractivity contribution in [3.63, 3.8) is 0 Å². The molecule has 0 aromatic carbocycles. The van der Waals surface area contributed by atoms with Crippen LogP contribution in [0.2, 0.25) is 0 Å². The smallest absolute Gasteiger partial charge is 0.0259 e. The Hall–Kier alpha value is -0.260. The SMILES string of the molecule is CCC1CCCCCC=CC(C)C1. The normalized spacial score (nSPS) is 31.5. The van der Waals surface area contributed by atoms with Crippen LogP contribution in [0.4, 0.5) is 0 Å². The highest BCUT2D eigenvalue weighted by Crippen LogP contribution is 2.24. The van der Waals surface area contributed by atoms with Gasteiger partial charge in [-0.15, -0.1) is 0 Å². The molecule has 1 aliphatic carbocycles. The van der Waals surface area contributed by atoms with E-state index in [1.54, 1.807) is 0 Å². The average Bonchev–Trinajstić information content (AvgIpc) is 2.15. The molecule has 0 saturated carbocycles. The van der Waals surface area contributed by atoms with Crippen LogP contribution in [-0.2, 0) is 0 Å². The summed E-state index contributed by atoms with van der Waals surface area (Å²) in [4.78, 5) is 0. The summed E-state index contributed by atoms with van der Waals surface area (Å²) in [5.41, 5.74) is 0. The lowest BCUT2D eigenvalue weighted by atomic mass is 9.88. The fraction of sp³-hybridized carbons (Fsp3) is 0.846. The summed E-state index contributed by atoms with van der Waals surface area (Å²) in [7, 11) is 0.